The Bertz CT molecular complexity index is 928. The fraction of sp³-hybridized carbons (Fsp3) is 0.649. The van der Waals surface area contributed by atoms with Crippen molar-refractivity contribution in [2.45, 2.75) is 116 Å². The first-order chi connectivity index (χ1) is 21.6. The van der Waals surface area contributed by atoms with Gasteiger partial charge < -0.3 is 28.6 Å². The molecule has 0 bridgehead atoms. The van der Waals surface area contributed by atoms with Crippen LogP contribution >= 0.6 is 0 Å². The molecule has 256 valence electrons. The number of hydrogen-bond acceptors (Lipinski definition) is 7. The fourth-order valence-electron chi connectivity index (χ4n) is 4.33. The third-order valence-electron chi connectivity index (χ3n) is 7.00. The Labute approximate surface area is 273 Å². The molecule has 0 N–H and O–H groups in total. The molecule has 0 aromatic heterocycles. The number of carboxylic acid groups (broad SMARTS) is 1. The second kappa shape index (κ2) is 28.5. The van der Waals surface area contributed by atoms with Gasteiger partial charge in [0, 0.05) is 19.3 Å². The van der Waals surface area contributed by atoms with Gasteiger partial charge in [-0.05, 0) is 44.9 Å². The summed E-state index contributed by atoms with van der Waals surface area (Å²) in [6.45, 7) is 4.34. The smallest absolute Gasteiger partial charge is 0.306 e. The van der Waals surface area contributed by atoms with Crippen LogP contribution in [0.25, 0.3) is 0 Å². The first kappa shape index (κ1) is 42.0. The summed E-state index contributed by atoms with van der Waals surface area (Å²) < 4.78 is 16.9. The second-order valence-corrected chi connectivity index (χ2v) is 12.1. The van der Waals surface area contributed by atoms with E-state index in [2.05, 4.69) is 32.1 Å². The molecule has 0 aliphatic carbocycles. The summed E-state index contributed by atoms with van der Waals surface area (Å²) in [5.74, 6) is -1.87. The maximum absolute atomic E-state index is 12.5. The SMILES string of the molecule is CC/C=C/C=C/C=C/C=C/CCCCCC(=O)OCC(COCCC(C(=O)[O-])[N+](C)(C)C)OC(=O)CC/C=C/CCCCCC. The minimum absolute atomic E-state index is 0.00914. The zero-order chi connectivity index (χ0) is 33.6. The number of carbonyl (C=O) groups is 3. The Kier molecular flexibility index (Phi) is 26.6. The highest BCUT2D eigenvalue weighted by Crippen LogP contribution is 2.10. The Balaban J connectivity index is 4.59. The molecule has 2 atom stereocenters. The van der Waals surface area contributed by atoms with Crippen LogP contribution in [-0.4, -0.2) is 75.5 Å². The summed E-state index contributed by atoms with van der Waals surface area (Å²) in [7, 11) is 5.35. The maximum Gasteiger partial charge on any atom is 0.306 e. The molecule has 45 heavy (non-hydrogen) atoms. The molecule has 8 nitrogen and oxygen atoms in total. The lowest BCUT2D eigenvalue weighted by Crippen LogP contribution is -2.55. The van der Waals surface area contributed by atoms with E-state index < -0.39 is 18.1 Å². The minimum Gasteiger partial charge on any atom is -0.544 e. The van der Waals surface area contributed by atoms with Gasteiger partial charge in [0.2, 0.25) is 0 Å². The van der Waals surface area contributed by atoms with Crippen molar-refractivity contribution in [3.8, 4) is 0 Å². The number of rotatable bonds is 28. The highest BCUT2D eigenvalue weighted by atomic mass is 16.6. The number of allylic oxidation sites excluding steroid dienone is 10. The molecule has 0 rings (SSSR count). The predicted molar refractivity (Wildman–Crippen MR) is 180 cm³/mol. The van der Waals surface area contributed by atoms with E-state index in [0.29, 0.717) is 12.8 Å². The van der Waals surface area contributed by atoms with E-state index in [1.54, 1.807) is 21.1 Å². The molecule has 0 aliphatic heterocycles. The lowest BCUT2D eigenvalue weighted by molar-refractivity contribution is -0.889. The molecule has 8 heteroatoms. The van der Waals surface area contributed by atoms with Crippen molar-refractivity contribution in [3.63, 3.8) is 0 Å². The summed E-state index contributed by atoms with van der Waals surface area (Å²) in [4.78, 5) is 36.4. The van der Waals surface area contributed by atoms with E-state index in [1.165, 1.54) is 19.3 Å². The maximum atomic E-state index is 12.5. The van der Waals surface area contributed by atoms with Gasteiger partial charge in [-0.3, -0.25) is 9.59 Å². The van der Waals surface area contributed by atoms with E-state index in [4.69, 9.17) is 14.2 Å². The molecule has 0 saturated carbocycles. The summed E-state index contributed by atoms with van der Waals surface area (Å²) in [5, 5.41) is 11.5. The molecule has 2 unspecified atom stereocenters. The first-order valence-corrected chi connectivity index (χ1v) is 16.9. The summed E-state index contributed by atoms with van der Waals surface area (Å²) >= 11 is 0. The van der Waals surface area contributed by atoms with E-state index in [-0.39, 0.29) is 49.1 Å². The number of aliphatic carboxylic acids is 1. The highest BCUT2D eigenvalue weighted by Gasteiger charge is 2.25. The van der Waals surface area contributed by atoms with Crippen molar-refractivity contribution in [2.75, 3.05) is 41.0 Å². The van der Waals surface area contributed by atoms with Gasteiger partial charge in [0.15, 0.2) is 6.10 Å². The number of carbonyl (C=O) groups excluding carboxylic acids is 3. The number of esters is 2. The van der Waals surface area contributed by atoms with Crippen LogP contribution in [0, 0.1) is 0 Å². The number of likely N-dealkylation sites (N-methyl/N-ethyl adjacent to an activating group) is 1. The summed E-state index contributed by atoms with van der Waals surface area (Å²) in [6, 6.07) is -0.736. The van der Waals surface area contributed by atoms with Gasteiger partial charge in [0.05, 0.1) is 40.3 Å². The lowest BCUT2D eigenvalue weighted by Gasteiger charge is -2.34. The molecule has 0 aromatic carbocycles. The van der Waals surface area contributed by atoms with Crippen LogP contribution in [0.1, 0.15) is 104 Å². The van der Waals surface area contributed by atoms with Gasteiger partial charge in [-0.1, -0.05) is 100 Å². The van der Waals surface area contributed by atoms with Crippen molar-refractivity contribution < 1.29 is 38.2 Å². The standard InChI is InChI=1S/C37H61NO7/c1-6-8-10-12-14-16-17-18-19-20-22-23-25-27-35(39)44-32-33(31-43-30-29-34(37(41)42)38(3,4)5)45-36(40)28-26-24-21-15-13-11-9-7-2/h8,10,12,14,16-19,21,24,33-34H,6-7,9,11,13,15,20,22-23,25-32H2,1-5H3/b10-8+,14-12+,17-16+,19-18+,24-21+. The number of nitrogens with zero attached hydrogens (tertiary/aromatic N) is 1. The van der Waals surface area contributed by atoms with Crippen molar-refractivity contribution >= 4 is 17.9 Å². The highest BCUT2D eigenvalue weighted by molar-refractivity contribution is 5.70. The molecular weight excluding hydrogens is 570 g/mol. The van der Waals surface area contributed by atoms with Gasteiger partial charge in [-0.15, -0.1) is 0 Å². The number of ether oxygens (including phenoxy) is 3. The Morgan fingerprint density at radius 2 is 1.31 bits per heavy atom. The quantitative estimate of drug-likeness (QED) is 0.0317. The van der Waals surface area contributed by atoms with Crippen LogP contribution in [0.4, 0.5) is 0 Å². The molecule has 0 radical (unpaired) electrons. The lowest BCUT2D eigenvalue weighted by atomic mass is 10.1. The van der Waals surface area contributed by atoms with Gasteiger partial charge in [-0.25, -0.2) is 0 Å². The van der Waals surface area contributed by atoms with Gasteiger partial charge in [0.1, 0.15) is 12.6 Å². The zero-order valence-electron chi connectivity index (χ0n) is 28.8. The van der Waals surface area contributed by atoms with Crippen molar-refractivity contribution in [2.24, 2.45) is 0 Å². The number of carboxylic acids is 1. The largest absolute Gasteiger partial charge is 0.544 e. The van der Waals surface area contributed by atoms with Crippen LogP contribution in [0.3, 0.4) is 0 Å². The predicted octanol–water partition coefficient (Wildman–Crippen LogP) is 6.56. The fourth-order valence-corrected chi connectivity index (χ4v) is 4.33. The number of quaternary nitrogens is 1. The topological polar surface area (TPSA) is 102 Å². The van der Waals surface area contributed by atoms with Gasteiger partial charge in [0.25, 0.3) is 0 Å². The van der Waals surface area contributed by atoms with Crippen LogP contribution in [-0.2, 0) is 28.6 Å². The molecule has 0 aromatic rings. The zero-order valence-corrected chi connectivity index (χ0v) is 28.8. The number of unbranched alkanes of at least 4 members (excludes halogenated alkanes) is 7. The van der Waals surface area contributed by atoms with Crippen LogP contribution in [0.2, 0.25) is 0 Å². The first-order valence-electron chi connectivity index (χ1n) is 16.9. The number of hydrogen-bond donors (Lipinski definition) is 0. The van der Waals surface area contributed by atoms with E-state index in [9.17, 15) is 19.5 Å². The van der Waals surface area contributed by atoms with E-state index in [1.807, 2.05) is 42.5 Å². The van der Waals surface area contributed by atoms with Crippen molar-refractivity contribution in [3.05, 3.63) is 60.8 Å². The molecule has 0 saturated heterocycles. The van der Waals surface area contributed by atoms with Gasteiger partial charge >= 0.3 is 11.9 Å². The normalized spacial score (nSPS) is 13.9. The third kappa shape index (κ3) is 27.1. The van der Waals surface area contributed by atoms with E-state index >= 15 is 0 Å². The van der Waals surface area contributed by atoms with Crippen molar-refractivity contribution in [1.29, 1.82) is 0 Å². The second-order valence-electron chi connectivity index (χ2n) is 12.1. The van der Waals surface area contributed by atoms with Crippen LogP contribution in [0.15, 0.2) is 60.8 Å². The minimum atomic E-state index is -1.14. The summed E-state index contributed by atoms with van der Waals surface area (Å²) in [6.07, 6.45) is 31.3. The average molecular weight is 632 g/mol. The molecule has 0 heterocycles. The average Bonchev–Trinajstić information content (AvgIpc) is 2.98. The molecule has 0 amide bonds. The third-order valence-corrected chi connectivity index (χ3v) is 7.00. The molecule has 0 fully saturated rings. The molecule has 0 spiro atoms. The van der Waals surface area contributed by atoms with Gasteiger partial charge in [-0.2, -0.15) is 0 Å². The Hall–Kier alpha value is -2.97. The van der Waals surface area contributed by atoms with E-state index in [0.717, 1.165) is 44.9 Å². The Morgan fingerprint density at radius 1 is 0.689 bits per heavy atom. The monoisotopic (exact) mass is 631 g/mol. The van der Waals surface area contributed by atoms with Crippen molar-refractivity contribution in [1.82, 2.24) is 0 Å². The molecule has 0 aliphatic rings. The Morgan fingerprint density at radius 3 is 1.96 bits per heavy atom. The summed E-state index contributed by atoms with van der Waals surface area (Å²) in [5.41, 5.74) is 0. The molecular formula is C37H61NO7. The van der Waals surface area contributed by atoms with Crippen LogP contribution in [0.5, 0.6) is 0 Å². The van der Waals surface area contributed by atoms with Crippen LogP contribution < -0.4 is 5.11 Å².